The van der Waals surface area contributed by atoms with Crippen LogP contribution in [0.3, 0.4) is 0 Å². The zero-order valence-electron chi connectivity index (χ0n) is 10.5. The molecule has 3 atom stereocenters. The molecule has 1 aliphatic carbocycles. The van der Waals surface area contributed by atoms with Gasteiger partial charge in [0, 0.05) is 12.6 Å². The van der Waals surface area contributed by atoms with Gasteiger partial charge in [-0.2, -0.15) is 0 Å². The molecule has 0 radical (unpaired) electrons. The number of aliphatic hydroxyl groups excluding tert-OH is 1. The molecule has 0 aromatic heterocycles. The summed E-state index contributed by atoms with van der Waals surface area (Å²) in [6.07, 6.45) is 6.27. The number of aliphatic hydroxyl groups is 1. The van der Waals surface area contributed by atoms with Crippen molar-refractivity contribution in [3.05, 3.63) is 0 Å². The molecule has 2 N–H and O–H groups in total. The van der Waals surface area contributed by atoms with E-state index in [1.807, 2.05) is 0 Å². The van der Waals surface area contributed by atoms with E-state index < -0.39 is 0 Å². The van der Waals surface area contributed by atoms with Gasteiger partial charge in [0.15, 0.2) is 0 Å². The highest BCUT2D eigenvalue weighted by molar-refractivity contribution is 4.79. The molecule has 1 fully saturated rings. The van der Waals surface area contributed by atoms with Crippen LogP contribution in [0.15, 0.2) is 0 Å². The van der Waals surface area contributed by atoms with Crippen LogP contribution in [-0.4, -0.2) is 23.8 Å². The minimum atomic E-state index is -0.137. The minimum absolute atomic E-state index is 0.137. The highest BCUT2D eigenvalue weighted by Gasteiger charge is 2.26. The van der Waals surface area contributed by atoms with Gasteiger partial charge in [-0.15, -0.1) is 0 Å². The maximum Gasteiger partial charge on any atom is 0.0692 e. The highest BCUT2D eigenvalue weighted by Crippen LogP contribution is 2.32. The number of rotatable bonds is 5. The first kappa shape index (κ1) is 13.0. The molecule has 15 heavy (non-hydrogen) atoms. The van der Waals surface area contributed by atoms with Crippen LogP contribution < -0.4 is 5.32 Å². The van der Waals surface area contributed by atoms with Crippen molar-refractivity contribution in [1.29, 1.82) is 0 Å². The van der Waals surface area contributed by atoms with Gasteiger partial charge in [0.05, 0.1) is 6.10 Å². The van der Waals surface area contributed by atoms with Crippen molar-refractivity contribution >= 4 is 0 Å². The second-order valence-electron chi connectivity index (χ2n) is 5.33. The van der Waals surface area contributed by atoms with Crippen molar-refractivity contribution in [2.45, 2.75) is 65.0 Å². The largest absolute Gasteiger partial charge is 0.392 e. The second kappa shape index (κ2) is 6.49. The highest BCUT2D eigenvalue weighted by atomic mass is 16.3. The molecular weight excluding hydrogens is 186 g/mol. The predicted molar refractivity (Wildman–Crippen MR) is 64.9 cm³/mol. The first-order valence-corrected chi connectivity index (χ1v) is 6.55. The summed E-state index contributed by atoms with van der Waals surface area (Å²) < 4.78 is 0. The van der Waals surface area contributed by atoms with Crippen molar-refractivity contribution in [2.75, 3.05) is 6.54 Å². The Labute approximate surface area is 94.5 Å². The van der Waals surface area contributed by atoms with Crippen molar-refractivity contribution in [3.63, 3.8) is 0 Å². The molecule has 0 aromatic rings. The zero-order valence-corrected chi connectivity index (χ0v) is 10.5. The summed E-state index contributed by atoms with van der Waals surface area (Å²) in [4.78, 5) is 0. The summed E-state index contributed by atoms with van der Waals surface area (Å²) >= 11 is 0. The monoisotopic (exact) mass is 213 g/mol. The van der Waals surface area contributed by atoms with Crippen LogP contribution in [0.2, 0.25) is 0 Å². The molecular formula is C13H27NO. The Kier molecular flexibility index (Phi) is 5.62. The molecule has 0 heterocycles. The van der Waals surface area contributed by atoms with Gasteiger partial charge >= 0.3 is 0 Å². The quantitative estimate of drug-likeness (QED) is 0.735. The van der Waals surface area contributed by atoms with E-state index in [0.29, 0.717) is 12.0 Å². The Morgan fingerprint density at radius 3 is 2.67 bits per heavy atom. The smallest absolute Gasteiger partial charge is 0.0692 e. The Balaban J connectivity index is 2.28. The van der Waals surface area contributed by atoms with Crippen molar-refractivity contribution < 1.29 is 5.11 Å². The van der Waals surface area contributed by atoms with Gasteiger partial charge in [0.2, 0.25) is 0 Å². The molecule has 90 valence electrons. The van der Waals surface area contributed by atoms with Crippen LogP contribution >= 0.6 is 0 Å². The minimum Gasteiger partial charge on any atom is -0.392 e. The molecule has 1 aliphatic rings. The SMILES string of the molecule is CCC1CCCC(C(O)CNC(C)C)C1. The standard InChI is InChI=1S/C13H27NO/c1-4-11-6-5-7-12(8-11)13(15)9-14-10(2)3/h10-15H,4-9H2,1-3H3. The molecule has 0 spiro atoms. The summed E-state index contributed by atoms with van der Waals surface area (Å²) in [5.74, 6) is 1.40. The Morgan fingerprint density at radius 1 is 1.33 bits per heavy atom. The Bertz CT molecular complexity index is 170. The molecule has 1 saturated carbocycles. The average Bonchev–Trinajstić information content (AvgIpc) is 2.26. The number of hydrogen-bond donors (Lipinski definition) is 2. The van der Waals surface area contributed by atoms with E-state index in [0.717, 1.165) is 12.5 Å². The van der Waals surface area contributed by atoms with E-state index in [1.54, 1.807) is 0 Å². The fourth-order valence-electron chi connectivity index (χ4n) is 2.58. The van der Waals surface area contributed by atoms with Crippen LogP contribution in [0.25, 0.3) is 0 Å². The lowest BCUT2D eigenvalue weighted by Gasteiger charge is -2.32. The number of nitrogens with one attached hydrogen (secondary N) is 1. The lowest BCUT2D eigenvalue weighted by Crippen LogP contribution is -2.38. The van der Waals surface area contributed by atoms with Crippen molar-refractivity contribution in [1.82, 2.24) is 5.32 Å². The number of hydrogen-bond acceptors (Lipinski definition) is 2. The van der Waals surface area contributed by atoms with Crippen LogP contribution in [-0.2, 0) is 0 Å². The van der Waals surface area contributed by atoms with Gasteiger partial charge in [-0.25, -0.2) is 0 Å². The van der Waals surface area contributed by atoms with Gasteiger partial charge < -0.3 is 10.4 Å². The summed E-state index contributed by atoms with van der Waals surface area (Å²) in [6.45, 7) is 7.29. The topological polar surface area (TPSA) is 32.3 Å². The van der Waals surface area contributed by atoms with Crippen molar-refractivity contribution in [2.24, 2.45) is 11.8 Å². The third-order valence-electron chi connectivity index (χ3n) is 3.68. The van der Waals surface area contributed by atoms with Crippen molar-refractivity contribution in [3.8, 4) is 0 Å². The molecule has 1 rings (SSSR count). The molecule has 0 bridgehead atoms. The maximum atomic E-state index is 10.1. The second-order valence-corrected chi connectivity index (χ2v) is 5.33. The van der Waals surface area contributed by atoms with Gasteiger partial charge in [-0.1, -0.05) is 40.0 Å². The van der Waals surface area contributed by atoms with Gasteiger partial charge in [-0.05, 0) is 24.7 Å². The lowest BCUT2D eigenvalue weighted by atomic mass is 9.77. The van der Waals surface area contributed by atoms with Gasteiger partial charge in [-0.3, -0.25) is 0 Å². The molecule has 2 nitrogen and oxygen atoms in total. The summed E-state index contributed by atoms with van der Waals surface area (Å²) in [7, 11) is 0. The Morgan fingerprint density at radius 2 is 2.07 bits per heavy atom. The molecule has 3 unspecified atom stereocenters. The van der Waals surface area contributed by atoms with E-state index in [9.17, 15) is 5.11 Å². The molecule has 0 aliphatic heterocycles. The molecule has 0 aromatic carbocycles. The summed E-state index contributed by atoms with van der Waals surface area (Å²) in [5, 5.41) is 13.4. The molecule has 0 amide bonds. The first-order chi connectivity index (χ1) is 7.13. The maximum absolute atomic E-state index is 10.1. The molecule has 0 saturated heterocycles. The van der Waals surface area contributed by atoms with Crippen LogP contribution in [0.4, 0.5) is 0 Å². The Hall–Kier alpha value is -0.0800. The van der Waals surface area contributed by atoms with E-state index in [1.165, 1.54) is 32.1 Å². The van der Waals surface area contributed by atoms with Gasteiger partial charge in [0.25, 0.3) is 0 Å². The summed E-state index contributed by atoms with van der Waals surface area (Å²) in [6, 6.07) is 0.477. The van der Waals surface area contributed by atoms with E-state index >= 15 is 0 Å². The third-order valence-corrected chi connectivity index (χ3v) is 3.68. The fraction of sp³-hybridized carbons (Fsp3) is 1.00. The van der Waals surface area contributed by atoms with E-state index in [2.05, 4.69) is 26.1 Å². The van der Waals surface area contributed by atoms with E-state index in [-0.39, 0.29) is 6.10 Å². The summed E-state index contributed by atoms with van der Waals surface area (Å²) in [5.41, 5.74) is 0. The van der Waals surface area contributed by atoms with Crippen LogP contribution in [0, 0.1) is 11.8 Å². The van der Waals surface area contributed by atoms with Gasteiger partial charge in [0.1, 0.15) is 0 Å². The average molecular weight is 213 g/mol. The third kappa shape index (κ3) is 4.52. The lowest BCUT2D eigenvalue weighted by molar-refractivity contribution is 0.0664. The normalized spacial score (nSPS) is 29.4. The van der Waals surface area contributed by atoms with E-state index in [4.69, 9.17) is 0 Å². The van der Waals surface area contributed by atoms with Crippen LogP contribution in [0.5, 0.6) is 0 Å². The predicted octanol–water partition coefficient (Wildman–Crippen LogP) is 2.56. The fourth-order valence-corrected chi connectivity index (χ4v) is 2.58. The van der Waals surface area contributed by atoms with Crippen LogP contribution in [0.1, 0.15) is 52.9 Å². The zero-order chi connectivity index (χ0) is 11.3. The first-order valence-electron chi connectivity index (χ1n) is 6.55. The molecule has 2 heteroatoms.